The van der Waals surface area contributed by atoms with Crippen molar-refractivity contribution in [1.29, 1.82) is 0 Å². The fourth-order valence-corrected chi connectivity index (χ4v) is 3.81. The molecule has 0 aliphatic heterocycles. The quantitative estimate of drug-likeness (QED) is 0.306. The van der Waals surface area contributed by atoms with Gasteiger partial charge in [0.25, 0.3) is 0 Å². The average molecular weight is 439 g/mol. The van der Waals surface area contributed by atoms with E-state index in [0.717, 1.165) is 44.5 Å². The maximum atomic E-state index is 4.19. The molecule has 0 amide bonds. The van der Waals surface area contributed by atoms with Crippen LogP contribution in [0.5, 0.6) is 0 Å². The fraction of sp³-hybridized carbons (Fsp3) is 0. The maximum Gasteiger partial charge on any atom is 0.0273 e. The van der Waals surface area contributed by atoms with Crippen LogP contribution in [0.15, 0.2) is 122 Å². The predicted molar refractivity (Wildman–Crippen MR) is 137 cm³/mol. The topological polar surface area (TPSA) is 51.6 Å². The Hall–Kier alpha value is -4.70. The van der Waals surface area contributed by atoms with Gasteiger partial charge >= 0.3 is 0 Å². The Kier molecular flexibility index (Phi) is 6.40. The second-order valence-corrected chi connectivity index (χ2v) is 7.73. The standard InChI is InChI=1S/C30H22N4/c1-2-26(30(28-11-19-34-20-12-28)22-24-7-15-32-16-8-24)4-3-25(1)29(27-9-17-33-18-10-27)21-23-5-13-31-14-6-23/h1-22H/b29-21+,30-22+. The van der Waals surface area contributed by atoms with Crippen LogP contribution in [0.3, 0.4) is 0 Å². The molecule has 4 heterocycles. The predicted octanol–water partition coefficient (Wildman–Crippen LogP) is 6.44. The maximum absolute atomic E-state index is 4.19. The summed E-state index contributed by atoms with van der Waals surface area (Å²) in [5.41, 5.74) is 8.94. The van der Waals surface area contributed by atoms with Gasteiger partial charge in [0.15, 0.2) is 0 Å². The van der Waals surface area contributed by atoms with E-state index in [1.54, 1.807) is 0 Å². The number of hydrogen-bond acceptors (Lipinski definition) is 4. The van der Waals surface area contributed by atoms with E-state index in [4.69, 9.17) is 0 Å². The van der Waals surface area contributed by atoms with Crippen LogP contribution in [0.2, 0.25) is 0 Å². The van der Waals surface area contributed by atoms with Gasteiger partial charge in [-0.25, -0.2) is 0 Å². The average Bonchev–Trinajstić information content (AvgIpc) is 2.93. The minimum absolute atomic E-state index is 1.10. The van der Waals surface area contributed by atoms with E-state index < -0.39 is 0 Å². The molecule has 1 aromatic carbocycles. The highest BCUT2D eigenvalue weighted by Crippen LogP contribution is 2.30. The highest BCUT2D eigenvalue weighted by molar-refractivity contribution is 5.94. The highest BCUT2D eigenvalue weighted by atomic mass is 14.6. The lowest BCUT2D eigenvalue weighted by molar-refractivity contribution is 1.31. The molecule has 4 heteroatoms. The first-order chi connectivity index (χ1) is 16.9. The van der Waals surface area contributed by atoms with Gasteiger partial charge in [0.05, 0.1) is 0 Å². The lowest BCUT2D eigenvalue weighted by atomic mass is 9.92. The van der Waals surface area contributed by atoms with Gasteiger partial charge in [0, 0.05) is 49.6 Å². The normalized spacial score (nSPS) is 11.9. The second-order valence-electron chi connectivity index (χ2n) is 7.73. The Morgan fingerprint density at radius 2 is 0.618 bits per heavy atom. The van der Waals surface area contributed by atoms with Crippen molar-refractivity contribution < 1.29 is 0 Å². The molecule has 34 heavy (non-hydrogen) atoms. The van der Waals surface area contributed by atoms with Gasteiger partial charge < -0.3 is 0 Å². The molecule has 4 aromatic heterocycles. The molecule has 0 radical (unpaired) electrons. The van der Waals surface area contributed by atoms with Crippen molar-refractivity contribution in [1.82, 2.24) is 19.9 Å². The van der Waals surface area contributed by atoms with Gasteiger partial charge in [-0.2, -0.15) is 0 Å². The fourth-order valence-electron chi connectivity index (χ4n) is 3.81. The molecule has 162 valence electrons. The second kappa shape index (κ2) is 10.3. The zero-order valence-corrected chi connectivity index (χ0v) is 18.5. The van der Waals surface area contributed by atoms with Gasteiger partial charge in [0.1, 0.15) is 0 Å². The summed E-state index contributed by atoms with van der Waals surface area (Å²) in [6.45, 7) is 0. The van der Waals surface area contributed by atoms with Crippen molar-refractivity contribution in [2.45, 2.75) is 0 Å². The molecular weight excluding hydrogens is 416 g/mol. The summed E-state index contributed by atoms with van der Waals surface area (Å²) >= 11 is 0. The highest BCUT2D eigenvalue weighted by Gasteiger charge is 2.09. The lowest BCUT2D eigenvalue weighted by Crippen LogP contribution is -1.92. The third-order valence-corrected chi connectivity index (χ3v) is 5.52. The van der Waals surface area contributed by atoms with Crippen LogP contribution in [-0.4, -0.2) is 19.9 Å². The number of hydrogen-bond donors (Lipinski definition) is 0. The van der Waals surface area contributed by atoms with Crippen LogP contribution in [0.4, 0.5) is 0 Å². The number of nitrogens with zero attached hydrogens (tertiary/aromatic N) is 4. The van der Waals surface area contributed by atoms with E-state index in [2.05, 4.69) is 56.4 Å². The molecule has 0 N–H and O–H groups in total. The van der Waals surface area contributed by atoms with Crippen molar-refractivity contribution in [2.24, 2.45) is 0 Å². The molecule has 0 fully saturated rings. The molecule has 0 unspecified atom stereocenters. The smallest absolute Gasteiger partial charge is 0.0273 e. The van der Waals surface area contributed by atoms with Crippen LogP contribution in [0.25, 0.3) is 23.3 Å². The molecule has 0 spiro atoms. The third kappa shape index (κ3) is 5.03. The van der Waals surface area contributed by atoms with Gasteiger partial charge in [-0.05, 0) is 105 Å². The van der Waals surface area contributed by atoms with Crippen molar-refractivity contribution in [3.05, 3.63) is 156 Å². The molecule has 0 saturated carbocycles. The molecule has 0 bridgehead atoms. The van der Waals surface area contributed by atoms with Crippen molar-refractivity contribution in [2.75, 3.05) is 0 Å². The molecule has 5 rings (SSSR count). The van der Waals surface area contributed by atoms with Crippen LogP contribution in [0.1, 0.15) is 33.4 Å². The Morgan fingerprint density at radius 1 is 0.353 bits per heavy atom. The Bertz CT molecular complexity index is 1280. The van der Waals surface area contributed by atoms with Crippen LogP contribution in [0, 0.1) is 0 Å². The van der Waals surface area contributed by atoms with E-state index in [1.165, 1.54) is 0 Å². The van der Waals surface area contributed by atoms with Crippen LogP contribution in [-0.2, 0) is 0 Å². The number of benzene rings is 1. The summed E-state index contributed by atoms with van der Waals surface area (Å²) in [4.78, 5) is 16.6. The van der Waals surface area contributed by atoms with Crippen molar-refractivity contribution in [3.8, 4) is 0 Å². The van der Waals surface area contributed by atoms with Gasteiger partial charge in [-0.3, -0.25) is 19.9 Å². The summed E-state index contributed by atoms with van der Waals surface area (Å²) in [7, 11) is 0. The Balaban J connectivity index is 1.57. The molecule has 0 aliphatic carbocycles. The van der Waals surface area contributed by atoms with E-state index in [-0.39, 0.29) is 0 Å². The first kappa shape index (κ1) is 21.2. The summed E-state index contributed by atoms with van der Waals surface area (Å²) < 4.78 is 0. The molecule has 0 saturated heterocycles. The SMILES string of the molecule is C(=C(\c1ccncc1)c1ccc(/C(=C\c2ccncc2)c2ccncc2)cc1)/c1ccncc1. The number of pyridine rings is 4. The summed E-state index contributed by atoms with van der Waals surface area (Å²) in [5, 5.41) is 0. The first-order valence-corrected chi connectivity index (χ1v) is 11.0. The number of rotatable bonds is 6. The molecule has 0 atom stereocenters. The van der Waals surface area contributed by atoms with Crippen molar-refractivity contribution in [3.63, 3.8) is 0 Å². The third-order valence-electron chi connectivity index (χ3n) is 5.52. The Labute approximate surface area is 199 Å². The van der Waals surface area contributed by atoms with Crippen LogP contribution >= 0.6 is 0 Å². The minimum atomic E-state index is 1.10. The summed E-state index contributed by atoms with van der Waals surface area (Å²) in [5.74, 6) is 0. The van der Waals surface area contributed by atoms with E-state index in [1.807, 2.05) is 98.1 Å². The lowest BCUT2D eigenvalue weighted by Gasteiger charge is -2.12. The van der Waals surface area contributed by atoms with Crippen molar-refractivity contribution >= 4 is 23.3 Å². The zero-order chi connectivity index (χ0) is 23.0. The van der Waals surface area contributed by atoms with Gasteiger partial charge in [-0.15, -0.1) is 0 Å². The minimum Gasteiger partial charge on any atom is -0.265 e. The van der Waals surface area contributed by atoms with Gasteiger partial charge in [-0.1, -0.05) is 24.3 Å². The first-order valence-electron chi connectivity index (χ1n) is 11.0. The van der Waals surface area contributed by atoms with E-state index in [0.29, 0.717) is 0 Å². The monoisotopic (exact) mass is 438 g/mol. The summed E-state index contributed by atoms with van der Waals surface area (Å²) in [6, 6.07) is 24.9. The molecule has 0 aliphatic rings. The molecule has 5 aromatic rings. The van der Waals surface area contributed by atoms with E-state index >= 15 is 0 Å². The molecule has 4 nitrogen and oxygen atoms in total. The zero-order valence-electron chi connectivity index (χ0n) is 18.5. The van der Waals surface area contributed by atoms with Gasteiger partial charge in [0.2, 0.25) is 0 Å². The van der Waals surface area contributed by atoms with E-state index in [9.17, 15) is 0 Å². The summed E-state index contributed by atoms with van der Waals surface area (Å²) in [6.07, 6.45) is 18.9. The Morgan fingerprint density at radius 3 is 0.941 bits per heavy atom. The largest absolute Gasteiger partial charge is 0.265 e. The number of aromatic nitrogens is 4. The molecular formula is C30H22N4. The van der Waals surface area contributed by atoms with Crippen LogP contribution < -0.4 is 0 Å².